The summed E-state index contributed by atoms with van der Waals surface area (Å²) in [6.45, 7) is 0.923. The van der Waals surface area contributed by atoms with Crippen LogP contribution in [0.25, 0.3) is 0 Å². The minimum Gasteiger partial charge on any atom is -0.481 e. The normalized spacial score (nSPS) is 20.5. The van der Waals surface area contributed by atoms with Crippen molar-refractivity contribution in [1.29, 1.82) is 0 Å². The summed E-state index contributed by atoms with van der Waals surface area (Å²) in [6.07, 6.45) is 3.51. The van der Waals surface area contributed by atoms with E-state index in [9.17, 15) is 9.59 Å². The molecule has 0 saturated carbocycles. The van der Waals surface area contributed by atoms with E-state index in [1.807, 2.05) is 0 Å². The first kappa shape index (κ1) is 9.70. The average molecular weight is 209 g/mol. The van der Waals surface area contributed by atoms with Gasteiger partial charge in [-0.15, -0.1) is 0 Å². The van der Waals surface area contributed by atoms with E-state index in [4.69, 9.17) is 5.11 Å². The van der Waals surface area contributed by atoms with Crippen LogP contribution in [0.2, 0.25) is 0 Å². The Hall–Kier alpha value is -1.85. The van der Waals surface area contributed by atoms with Gasteiger partial charge in [-0.1, -0.05) is 0 Å². The lowest BCUT2D eigenvalue weighted by atomic mass is 10.1. The number of anilines is 1. The van der Waals surface area contributed by atoms with E-state index in [0.29, 0.717) is 25.3 Å². The zero-order chi connectivity index (χ0) is 10.8. The van der Waals surface area contributed by atoms with Gasteiger partial charge in [-0.3, -0.25) is 9.59 Å². The quantitative estimate of drug-likeness (QED) is 0.697. The number of aromatic amines is 1. The smallest absolute Gasteiger partial charge is 0.308 e. The number of hydrogen-bond donors (Lipinski definition) is 2. The molecule has 1 aliphatic rings. The molecule has 6 heteroatoms. The standard InChI is InChI=1S/C9H11N3O3/c13-8-7(10-2-3-11-8)12-4-1-6(5-12)9(14)15/h2-3,6H,1,4-5H2,(H,11,13)(H,14,15)/t6-/m1/s1. The molecule has 1 atom stereocenters. The molecule has 0 spiro atoms. The van der Waals surface area contributed by atoms with Gasteiger partial charge in [0.15, 0.2) is 5.82 Å². The van der Waals surface area contributed by atoms with Crippen LogP contribution in [-0.2, 0) is 4.79 Å². The average Bonchev–Trinajstić information content (AvgIpc) is 2.67. The molecule has 1 saturated heterocycles. The van der Waals surface area contributed by atoms with Crippen molar-refractivity contribution in [1.82, 2.24) is 9.97 Å². The van der Waals surface area contributed by atoms with E-state index in [1.165, 1.54) is 12.4 Å². The molecule has 2 N–H and O–H groups in total. The van der Waals surface area contributed by atoms with Crippen LogP contribution in [-0.4, -0.2) is 34.1 Å². The van der Waals surface area contributed by atoms with Gasteiger partial charge < -0.3 is 15.0 Å². The Balaban J connectivity index is 2.18. The number of aromatic nitrogens is 2. The van der Waals surface area contributed by atoms with Crippen molar-refractivity contribution >= 4 is 11.8 Å². The molecule has 0 unspecified atom stereocenters. The predicted molar refractivity (Wildman–Crippen MR) is 52.8 cm³/mol. The van der Waals surface area contributed by atoms with Gasteiger partial charge in [0.05, 0.1) is 5.92 Å². The van der Waals surface area contributed by atoms with Crippen LogP contribution < -0.4 is 10.5 Å². The third-order valence-corrected chi connectivity index (χ3v) is 2.53. The number of nitrogens with one attached hydrogen (secondary N) is 1. The zero-order valence-corrected chi connectivity index (χ0v) is 8.01. The largest absolute Gasteiger partial charge is 0.481 e. The van der Waals surface area contributed by atoms with Gasteiger partial charge >= 0.3 is 5.97 Å². The Morgan fingerprint density at radius 2 is 2.47 bits per heavy atom. The highest BCUT2D eigenvalue weighted by atomic mass is 16.4. The second-order valence-corrected chi connectivity index (χ2v) is 3.51. The van der Waals surface area contributed by atoms with Crippen molar-refractivity contribution in [2.75, 3.05) is 18.0 Å². The zero-order valence-electron chi connectivity index (χ0n) is 8.01. The number of carbonyl (C=O) groups is 1. The molecule has 0 amide bonds. The molecule has 1 fully saturated rings. The van der Waals surface area contributed by atoms with E-state index >= 15 is 0 Å². The summed E-state index contributed by atoms with van der Waals surface area (Å²) in [7, 11) is 0. The SMILES string of the molecule is O=C(O)[C@@H]1CCN(c2ncc[nH]c2=O)C1. The maximum atomic E-state index is 11.4. The van der Waals surface area contributed by atoms with Gasteiger partial charge in [-0.2, -0.15) is 0 Å². The summed E-state index contributed by atoms with van der Waals surface area (Å²) in [5.74, 6) is -0.905. The van der Waals surface area contributed by atoms with Crippen LogP contribution in [0, 0.1) is 5.92 Å². The summed E-state index contributed by atoms with van der Waals surface area (Å²) < 4.78 is 0. The van der Waals surface area contributed by atoms with Crippen LogP contribution in [0.3, 0.4) is 0 Å². The molecule has 0 radical (unpaired) electrons. The van der Waals surface area contributed by atoms with Crippen LogP contribution in [0.15, 0.2) is 17.2 Å². The Morgan fingerprint density at radius 1 is 1.67 bits per heavy atom. The molecule has 6 nitrogen and oxygen atoms in total. The molecule has 2 rings (SSSR count). The number of carboxylic acid groups (broad SMARTS) is 1. The third kappa shape index (κ3) is 1.83. The lowest BCUT2D eigenvalue weighted by Gasteiger charge is -2.14. The van der Waals surface area contributed by atoms with E-state index in [2.05, 4.69) is 9.97 Å². The van der Waals surface area contributed by atoms with Crippen molar-refractivity contribution in [2.45, 2.75) is 6.42 Å². The summed E-state index contributed by atoms with van der Waals surface area (Å²) in [5, 5.41) is 8.81. The molecule has 0 aromatic carbocycles. The van der Waals surface area contributed by atoms with Gasteiger partial charge in [-0.25, -0.2) is 4.98 Å². The molecule has 0 aliphatic carbocycles. The Kier molecular flexibility index (Phi) is 2.40. The number of aliphatic carboxylic acids is 1. The minimum absolute atomic E-state index is 0.275. The highest BCUT2D eigenvalue weighted by Gasteiger charge is 2.29. The van der Waals surface area contributed by atoms with Crippen LogP contribution in [0.5, 0.6) is 0 Å². The lowest BCUT2D eigenvalue weighted by Crippen LogP contribution is -2.29. The summed E-state index contributed by atoms with van der Waals surface area (Å²) in [6, 6.07) is 0. The maximum Gasteiger partial charge on any atom is 0.308 e. The van der Waals surface area contributed by atoms with Gasteiger partial charge in [0.1, 0.15) is 0 Å². The minimum atomic E-state index is -0.815. The summed E-state index contributed by atoms with van der Waals surface area (Å²) in [5.41, 5.74) is -0.275. The van der Waals surface area contributed by atoms with E-state index < -0.39 is 11.9 Å². The van der Waals surface area contributed by atoms with Crippen LogP contribution in [0.4, 0.5) is 5.82 Å². The third-order valence-electron chi connectivity index (χ3n) is 2.53. The van der Waals surface area contributed by atoms with Crippen LogP contribution >= 0.6 is 0 Å². The first-order chi connectivity index (χ1) is 7.18. The first-order valence-corrected chi connectivity index (χ1v) is 4.70. The second kappa shape index (κ2) is 3.72. The maximum absolute atomic E-state index is 11.4. The van der Waals surface area contributed by atoms with Gasteiger partial charge in [0.2, 0.25) is 0 Å². The molecule has 1 aromatic heterocycles. The van der Waals surface area contributed by atoms with E-state index in [0.717, 1.165) is 0 Å². The fourth-order valence-corrected chi connectivity index (χ4v) is 1.72. The van der Waals surface area contributed by atoms with E-state index in [1.54, 1.807) is 4.90 Å². The number of H-pyrrole nitrogens is 1. The van der Waals surface area contributed by atoms with Crippen molar-refractivity contribution < 1.29 is 9.90 Å². The predicted octanol–water partition coefficient (Wildman–Crippen LogP) is -0.319. The number of rotatable bonds is 2. The Labute approximate surface area is 85.6 Å². The van der Waals surface area contributed by atoms with Crippen LogP contribution in [0.1, 0.15) is 6.42 Å². The molecule has 80 valence electrons. The molecule has 2 heterocycles. The fraction of sp³-hybridized carbons (Fsp3) is 0.444. The molecule has 15 heavy (non-hydrogen) atoms. The molecule has 0 bridgehead atoms. The van der Waals surface area contributed by atoms with Crippen molar-refractivity contribution in [3.05, 3.63) is 22.7 Å². The molecular formula is C9H11N3O3. The Morgan fingerprint density at radius 3 is 3.07 bits per heavy atom. The number of hydrogen-bond acceptors (Lipinski definition) is 4. The second-order valence-electron chi connectivity index (χ2n) is 3.51. The summed E-state index contributed by atoms with van der Waals surface area (Å²) in [4.78, 5) is 30.3. The fourth-order valence-electron chi connectivity index (χ4n) is 1.72. The monoisotopic (exact) mass is 209 g/mol. The highest BCUT2D eigenvalue weighted by Crippen LogP contribution is 2.19. The molecule has 1 aliphatic heterocycles. The van der Waals surface area contributed by atoms with Crippen molar-refractivity contribution in [3.8, 4) is 0 Å². The van der Waals surface area contributed by atoms with Gasteiger partial charge in [-0.05, 0) is 6.42 Å². The highest BCUT2D eigenvalue weighted by molar-refractivity contribution is 5.71. The first-order valence-electron chi connectivity index (χ1n) is 4.70. The summed E-state index contributed by atoms with van der Waals surface area (Å²) >= 11 is 0. The van der Waals surface area contributed by atoms with Crippen molar-refractivity contribution in [2.24, 2.45) is 5.92 Å². The molecule has 1 aromatic rings. The van der Waals surface area contributed by atoms with E-state index in [-0.39, 0.29) is 5.56 Å². The Bertz CT molecular complexity index is 429. The van der Waals surface area contributed by atoms with Crippen molar-refractivity contribution in [3.63, 3.8) is 0 Å². The topological polar surface area (TPSA) is 86.3 Å². The number of nitrogens with zero attached hydrogens (tertiary/aromatic N) is 2. The lowest BCUT2D eigenvalue weighted by molar-refractivity contribution is -0.140. The van der Waals surface area contributed by atoms with Gasteiger partial charge in [0, 0.05) is 25.5 Å². The number of carboxylic acids is 1. The van der Waals surface area contributed by atoms with Gasteiger partial charge in [0.25, 0.3) is 5.56 Å². The molecular weight excluding hydrogens is 198 g/mol.